The quantitative estimate of drug-likeness (QED) is 0.610. The van der Waals surface area contributed by atoms with E-state index >= 15 is 0 Å². The number of allylic oxidation sites excluding steroid dienone is 4. The molecular weight excluding hydrogens is 363 g/mol. The van der Waals surface area contributed by atoms with Crippen LogP contribution in [-0.2, 0) is 0 Å². The van der Waals surface area contributed by atoms with E-state index in [0.717, 1.165) is 21.2 Å². The van der Waals surface area contributed by atoms with Gasteiger partial charge in [-0.05, 0) is 35.7 Å². The molecule has 1 atom stereocenters. The number of benzene rings is 1. The van der Waals surface area contributed by atoms with Crippen LogP contribution in [0.1, 0.15) is 16.8 Å². The lowest BCUT2D eigenvalue weighted by atomic mass is 10.1. The summed E-state index contributed by atoms with van der Waals surface area (Å²) in [6.45, 7) is 0. The molecule has 3 aromatic rings. The molecule has 2 N–H and O–H groups in total. The molecule has 4 rings (SSSR count). The van der Waals surface area contributed by atoms with Crippen LogP contribution >= 0.6 is 22.9 Å². The molecule has 1 unspecified atom stereocenters. The molecule has 0 saturated heterocycles. The highest BCUT2D eigenvalue weighted by Crippen LogP contribution is 2.35. The number of rotatable bonds is 3. The van der Waals surface area contributed by atoms with E-state index in [2.05, 4.69) is 10.3 Å². The predicted molar refractivity (Wildman–Crippen MR) is 99.2 cm³/mol. The van der Waals surface area contributed by atoms with Crippen molar-refractivity contribution in [2.24, 2.45) is 0 Å². The number of nitrogens with zero attached hydrogens (tertiary/aromatic N) is 1. The van der Waals surface area contributed by atoms with Crippen molar-refractivity contribution in [2.75, 3.05) is 5.32 Å². The maximum atomic E-state index is 13.4. The molecule has 25 heavy (non-hydrogen) atoms. The summed E-state index contributed by atoms with van der Waals surface area (Å²) >= 11 is 7.53. The monoisotopic (exact) mass is 374 g/mol. The molecule has 7 heteroatoms. The van der Waals surface area contributed by atoms with Crippen molar-refractivity contribution in [3.63, 3.8) is 0 Å². The van der Waals surface area contributed by atoms with E-state index in [1.165, 1.54) is 6.08 Å². The highest BCUT2D eigenvalue weighted by atomic mass is 35.5. The average molecular weight is 375 g/mol. The molecule has 0 saturated carbocycles. The zero-order valence-corrected chi connectivity index (χ0v) is 14.4. The van der Waals surface area contributed by atoms with E-state index in [9.17, 15) is 14.3 Å². The van der Waals surface area contributed by atoms with Crippen molar-refractivity contribution in [3.05, 3.63) is 58.9 Å². The fraction of sp³-hybridized carbons (Fsp3) is 0.111. The van der Waals surface area contributed by atoms with Crippen molar-refractivity contribution >= 4 is 55.7 Å². The number of pyridine rings is 1. The van der Waals surface area contributed by atoms with Gasteiger partial charge >= 0.3 is 5.97 Å². The number of anilines is 1. The Kier molecular flexibility index (Phi) is 3.94. The minimum atomic E-state index is -0.995. The first kappa shape index (κ1) is 16.1. The van der Waals surface area contributed by atoms with Gasteiger partial charge in [0.25, 0.3) is 0 Å². The Labute approximate surface area is 151 Å². The Bertz CT molecular complexity index is 1070. The molecule has 0 aliphatic heterocycles. The number of thiophene rings is 1. The second-order valence-corrected chi connectivity index (χ2v) is 7.14. The summed E-state index contributed by atoms with van der Waals surface area (Å²) in [5.41, 5.74) is 1.54. The zero-order chi connectivity index (χ0) is 17.6. The van der Waals surface area contributed by atoms with Gasteiger partial charge in [0.1, 0.15) is 11.6 Å². The number of alkyl halides is 1. The van der Waals surface area contributed by atoms with Gasteiger partial charge in [-0.2, -0.15) is 0 Å². The average Bonchev–Trinajstić information content (AvgIpc) is 3.08. The van der Waals surface area contributed by atoms with Gasteiger partial charge in [0, 0.05) is 27.6 Å². The largest absolute Gasteiger partial charge is 0.478 e. The molecule has 4 nitrogen and oxygen atoms in total. The van der Waals surface area contributed by atoms with E-state index < -0.39 is 11.3 Å². The fourth-order valence-corrected chi connectivity index (χ4v) is 3.99. The van der Waals surface area contributed by atoms with Gasteiger partial charge in [-0.3, -0.25) is 0 Å². The molecule has 1 aromatic carbocycles. The number of hydrogen-bond acceptors (Lipinski definition) is 4. The third-order valence-electron chi connectivity index (χ3n) is 4.06. The Morgan fingerprint density at radius 2 is 2.16 bits per heavy atom. The molecule has 0 fully saturated rings. The van der Waals surface area contributed by atoms with E-state index in [-0.39, 0.29) is 11.4 Å². The first-order chi connectivity index (χ1) is 12.0. The Morgan fingerprint density at radius 3 is 2.92 bits per heavy atom. The van der Waals surface area contributed by atoms with Crippen molar-refractivity contribution in [3.8, 4) is 0 Å². The van der Waals surface area contributed by atoms with Crippen molar-refractivity contribution < 1.29 is 14.3 Å². The first-order valence-electron chi connectivity index (χ1n) is 7.54. The first-order valence-corrected chi connectivity index (χ1v) is 8.86. The second-order valence-electron chi connectivity index (χ2n) is 5.70. The van der Waals surface area contributed by atoms with Gasteiger partial charge < -0.3 is 10.4 Å². The third-order valence-corrected chi connectivity index (χ3v) is 5.37. The predicted octanol–water partition coefficient (Wildman–Crippen LogP) is 5.31. The van der Waals surface area contributed by atoms with Crippen LogP contribution in [0.2, 0.25) is 0 Å². The van der Waals surface area contributed by atoms with Crippen LogP contribution < -0.4 is 5.32 Å². The third kappa shape index (κ3) is 2.88. The van der Waals surface area contributed by atoms with Crippen LogP contribution in [0.25, 0.3) is 21.0 Å². The van der Waals surface area contributed by atoms with Crippen molar-refractivity contribution in [2.45, 2.75) is 11.8 Å². The lowest BCUT2D eigenvalue weighted by molar-refractivity contribution is 0.0697. The fourth-order valence-electron chi connectivity index (χ4n) is 2.82. The summed E-state index contributed by atoms with van der Waals surface area (Å²) in [6.07, 6.45) is 3.33. The number of carboxylic acid groups (broad SMARTS) is 1. The normalized spacial score (nSPS) is 17.4. The van der Waals surface area contributed by atoms with Gasteiger partial charge in [-0.25, -0.2) is 14.2 Å². The smallest absolute Gasteiger partial charge is 0.335 e. The van der Waals surface area contributed by atoms with Gasteiger partial charge in [-0.15, -0.1) is 22.9 Å². The SMILES string of the molecule is O=C(O)c1ccc2c(c1)nc(NC1=CC=C(F)C(Cl)C1)c1ccsc12. The summed E-state index contributed by atoms with van der Waals surface area (Å²) < 4.78 is 14.4. The van der Waals surface area contributed by atoms with Gasteiger partial charge in [0.05, 0.1) is 16.5 Å². The summed E-state index contributed by atoms with van der Waals surface area (Å²) in [5.74, 6) is -0.743. The maximum Gasteiger partial charge on any atom is 0.335 e. The van der Waals surface area contributed by atoms with Crippen molar-refractivity contribution in [1.82, 2.24) is 4.98 Å². The molecule has 2 aromatic heterocycles. The number of halogens is 2. The van der Waals surface area contributed by atoms with E-state index in [1.807, 2.05) is 11.4 Å². The minimum Gasteiger partial charge on any atom is -0.478 e. The Morgan fingerprint density at radius 1 is 1.32 bits per heavy atom. The lowest BCUT2D eigenvalue weighted by Crippen LogP contribution is -2.12. The zero-order valence-electron chi connectivity index (χ0n) is 12.8. The van der Waals surface area contributed by atoms with Gasteiger partial charge in [0.15, 0.2) is 0 Å². The van der Waals surface area contributed by atoms with Crippen molar-refractivity contribution in [1.29, 1.82) is 0 Å². The van der Waals surface area contributed by atoms with Crippen LogP contribution in [-0.4, -0.2) is 21.4 Å². The van der Waals surface area contributed by atoms with Gasteiger partial charge in [-0.1, -0.05) is 6.07 Å². The number of aromatic carboxylic acids is 1. The van der Waals surface area contributed by atoms with E-state index in [1.54, 1.807) is 35.6 Å². The molecule has 1 aliphatic rings. The molecule has 126 valence electrons. The van der Waals surface area contributed by atoms with E-state index in [0.29, 0.717) is 17.8 Å². The van der Waals surface area contributed by atoms with Crippen LogP contribution in [0.15, 0.2) is 53.3 Å². The lowest BCUT2D eigenvalue weighted by Gasteiger charge is -2.17. The summed E-state index contributed by atoms with van der Waals surface area (Å²) in [6, 6.07) is 6.87. The number of carbonyl (C=O) groups is 1. The summed E-state index contributed by atoms with van der Waals surface area (Å²) in [5, 5.41) is 15.5. The number of nitrogens with one attached hydrogen (secondary N) is 1. The second kappa shape index (κ2) is 6.13. The topological polar surface area (TPSA) is 62.2 Å². The number of fused-ring (bicyclic) bond motifs is 3. The molecule has 1 aliphatic carbocycles. The summed E-state index contributed by atoms with van der Waals surface area (Å²) in [4.78, 5) is 15.8. The highest BCUT2D eigenvalue weighted by molar-refractivity contribution is 7.18. The highest BCUT2D eigenvalue weighted by Gasteiger charge is 2.19. The molecule has 0 radical (unpaired) electrons. The van der Waals surface area contributed by atoms with E-state index in [4.69, 9.17) is 11.6 Å². The van der Waals surface area contributed by atoms with Gasteiger partial charge in [0.2, 0.25) is 0 Å². The van der Waals surface area contributed by atoms with Crippen LogP contribution in [0.5, 0.6) is 0 Å². The summed E-state index contributed by atoms with van der Waals surface area (Å²) in [7, 11) is 0. The Balaban J connectivity index is 1.84. The standard InChI is InChI=1S/C18H12ClFN2O2S/c19-13-8-10(2-4-14(13)20)21-17-12-5-6-25-16(12)11-3-1-9(18(23)24)7-15(11)22-17/h1-7,13H,8H2,(H,21,22)(H,23,24). The minimum absolute atomic E-state index is 0.185. The number of hydrogen-bond donors (Lipinski definition) is 2. The molecule has 0 spiro atoms. The van der Waals surface area contributed by atoms with Crippen LogP contribution in [0.3, 0.4) is 0 Å². The molecule has 0 amide bonds. The molecule has 0 bridgehead atoms. The van der Waals surface area contributed by atoms with Crippen LogP contribution in [0, 0.1) is 0 Å². The van der Waals surface area contributed by atoms with Crippen LogP contribution in [0.4, 0.5) is 10.2 Å². The molecular formula is C18H12ClFN2O2S. The number of aromatic nitrogens is 1. The Hall–Kier alpha value is -2.44. The molecule has 2 heterocycles. The number of carboxylic acids is 1. The maximum absolute atomic E-state index is 13.4.